The molecule has 2 aliphatic rings. The Kier molecular flexibility index (Phi) is 6.80. The molecule has 0 radical (unpaired) electrons. The first-order valence-electron chi connectivity index (χ1n) is 11.6. The fourth-order valence-electron chi connectivity index (χ4n) is 4.59. The van der Waals surface area contributed by atoms with Crippen LogP contribution in [0.5, 0.6) is 11.6 Å². The number of aromatic nitrogens is 2. The van der Waals surface area contributed by atoms with E-state index in [1.807, 2.05) is 30.3 Å². The number of nitrogens with zero attached hydrogens (tertiary/aromatic N) is 2. The number of methoxy groups -OCH3 is 1. The number of carbonyl (C=O) groups is 1. The summed E-state index contributed by atoms with van der Waals surface area (Å²) in [4.78, 5) is 20.4. The first kappa shape index (κ1) is 22.8. The van der Waals surface area contributed by atoms with E-state index in [2.05, 4.69) is 25.9 Å². The number of aryl methyl sites for hydroxylation is 1. The van der Waals surface area contributed by atoms with Crippen molar-refractivity contribution < 1.29 is 14.3 Å². The molecule has 3 N–H and O–H groups in total. The van der Waals surface area contributed by atoms with E-state index in [0.29, 0.717) is 29.5 Å². The highest BCUT2D eigenvalue weighted by Gasteiger charge is 2.22. The number of halogens is 1. The smallest absolute Gasteiger partial charge is 0.332 e. The van der Waals surface area contributed by atoms with Crippen molar-refractivity contribution in [1.29, 1.82) is 0 Å². The highest BCUT2D eigenvalue weighted by atomic mass is 35.5. The maximum Gasteiger partial charge on any atom is 0.332 e. The van der Waals surface area contributed by atoms with Crippen LogP contribution in [-0.4, -0.2) is 48.2 Å². The van der Waals surface area contributed by atoms with Crippen LogP contribution < -0.4 is 25.4 Å². The normalized spacial score (nSPS) is 19.9. The number of piperidine rings is 1. The highest BCUT2D eigenvalue weighted by Crippen LogP contribution is 2.30. The summed E-state index contributed by atoms with van der Waals surface area (Å²) >= 11 is 6.52. The molecule has 2 aliphatic heterocycles. The zero-order valence-corrected chi connectivity index (χ0v) is 19.8. The van der Waals surface area contributed by atoms with E-state index in [1.165, 1.54) is 0 Å². The van der Waals surface area contributed by atoms with Crippen LogP contribution >= 0.6 is 11.6 Å². The van der Waals surface area contributed by atoms with Crippen molar-refractivity contribution in [3.05, 3.63) is 52.8 Å². The minimum absolute atomic E-state index is 0.180. The third-order valence-electron chi connectivity index (χ3n) is 6.52. The minimum atomic E-state index is -0.312. The van der Waals surface area contributed by atoms with E-state index in [4.69, 9.17) is 21.1 Å². The number of nitrogens with one attached hydrogen (secondary N) is 3. The van der Waals surface area contributed by atoms with Crippen LogP contribution in [0.3, 0.4) is 0 Å². The zero-order chi connectivity index (χ0) is 23.5. The zero-order valence-electron chi connectivity index (χ0n) is 19.1. The molecule has 5 rings (SSSR count). The van der Waals surface area contributed by atoms with Gasteiger partial charge in [0.2, 0.25) is 5.88 Å². The lowest BCUT2D eigenvalue weighted by Gasteiger charge is -2.31. The van der Waals surface area contributed by atoms with E-state index < -0.39 is 0 Å². The molecule has 3 aromatic rings. The van der Waals surface area contributed by atoms with Crippen molar-refractivity contribution >= 4 is 34.2 Å². The lowest BCUT2D eigenvalue weighted by Crippen LogP contribution is -2.47. The van der Waals surface area contributed by atoms with Crippen molar-refractivity contribution in [3.63, 3.8) is 0 Å². The SMILES string of the molecule is COc1ccc2ncc(Cl)c(CCC3CCC(NCc4ccc5c(n4)OC(=O)CN5)CN3)c2c1. The Morgan fingerprint density at radius 3 is 3.00 bits per heavy atom. The van der Waals surface area contributed by atoms with E-state index in [9.17, 15) is 4.79 Å². The van der Waals surface area contributed by atoms with Gasteiger partial charge in [-0.25, -0.2) is 9.78 Å². The molecule has 1 fully saturated rings. The fraction of sp³-hybridized carbons (Fsp3) is 0.400. The molecule has 0 bridgehead atoms. The molecule has 1 aromatic carbocycles. The van der Waals surface area contributed by atoms with Crippen molar-refractivity contribution in [1.82, 2.24) is 20.6 Å². The summed E-state index contributed by atoms with van der Waals surface area (Å²) in [5.41, 5.74) is 3.67. The molecule has 0 amide bonds. The number of anilines is 1. The van der Waals surface area contributed by atoms with Gasteiger partial charge in [-0.15, -0.1) is 0 Å². The number of esters is 1. The Balaban J connectivity index is 1.13. The van der Waals surface area contributed by atoms with Gasteiger partial charge in [-0.2, -0.15) is 0 Å². The monoisotopic (exact) mass is 481 g/mol. The molecule has 178 valence electrons. The van der Waals surface area contributed by atoms with E-state index in [0.717, 1.165) is 65.8 Å². The Labute approximate surface area is 203 Å². The largest absolute Gasteiger partial charge is 0.497 e. The second-order valence-electron chi connectivity index (χ2n) is 8.75. The summed E-state index contributed by atoms with van der Waals surface area (Å²) in [5.74, 6) is 0.857. The van der Waals surface area contributed by atoms with Crippen LogP contribution in [0.25, 0.3) is 10.9 Å². The van der Waals surface area contributed by atoms with Gasteiger partial charge in [-0.05, 0) is 61.6 Å². The number of hydrogen-bond acceptors (Lipinski definition) is 8. The molecule has 0 aliphatic carbocycles. The first-order valence-corrected chi connectivity index (χ1v) is 12.0. The summed E-state index contributed by atoms with van der Waals surface area (Å²) < 4.78 is 10.6. The Bertz CT molecular complexity index is 1200. The maximum atomic E-state index is 11.5. The van der Waals surface area contributed by atoms with Gasteiger partial charge in [-0.3, -0.25) is 4.98 Å². The molecular weight excluding hydrogens is 454 g/mol. The molecule has 4 heterocycles. The number of fused-ring (bicyclic) bond motifs is 2. The highest BCUT2D eigenvalue weighted by molar-refractivity contribution is 6.32. The minimum Gasteiger partial charge on any atom is -0.497 e. The van der Waals surface area contributed by atoms with Gasteiger partial charge >= 0.3 is 5.97 Å². The van der Waals surface area contributed by atoms with Gasteiger partial charge in [0.15, 0.2) is 0 Å². The summed E-state index contributed by atoms with van der Waals surface area (Å²) in [5, 5.41) is 12.0. The molecular formula is C25H28ClN5O3. The average molecular weight is 482 g/mol. The summed E-state index contributed by atoms with van der Waals surface area (Å²) in [6, 6.07) is 10.6. The second kappa shape index (κ2) is 10.1. The van der Waals surface area contributed by atoms with Crippen molar-refractivity contribution in [2.24, 2.45) is 0 Å². The quantitative estimate of drug-likeness (QED) is 0.441. The fourth-order valence-corrected chi connectivity index (χ4v) is 4.83. The summed E-state index contributed by atoms with van der Waals surface area (Å²) in [7, 11) is 1.67. The Hall–Kier alpha value is -2.94. The number of benzene rings is 1. The van der Waals surface area contributed by atoms with E-state index in [-0.39, 0.29) is 12.5 Å². The maximum absolute atomic E-state index is 11.5. The molecule has 9 heteroatoms. The number of hydrogen-bond donors (Lipinski definition) is 3. The van der Waals surface area contributed by atoms with Crippen LogP contribution in [0, 0.1) is 0 Å². The van der Waals surface area contributed by atoms with Crippen LogP contribution in [0.2, 0.25) is 5.02 Å². The number of pyridine rings is 2. The Morgan fingerprint density at radius 2 is 2.18 bits per heavy atom. The molecule has 0 spiro atoms. The Morgan fingerprint density at radius 1 is 1.26 bits per heavy atom. The second-order valence-corrected chi connectivity index (χ2v) is 9.16. The first-order chi connectivity index (χ1) is 16.6. The van der Waals surface area contributed by atoms with Gasteiger partial charge < -0.3 is 25.4 Å². The third-order valence-corrected chi connectivity index (χ3v) is 6.84. The summed E-state index contributed by atoms with van der Waals surface area (Å²) in [6.45, 7) is 1.70. The van der Waals surface area contributed by atoms with Gasteiger partial charge in [0.1, 0.15) is 12.3 Å². The van der Waals surface area contributed by atoms with Crippen LogP contribution in [0.15, 0.2) is 36.5 Å². The standard InChI is InChI=1S/C25H28ClN5O3/c1-33-18-6-9-22-20(10-18)19(21(26)13-29-22)7-4-15-2-3-16(11-27-15)28-12-17-5-8-23-25(31-17)34-24(32)14-30-23/h5-6,8-10,13,15-16,27-28,30H,2-4,7,11-12,14H2,1H3. The van der Waals surface area contributed by atoms with Crippen LogP contribution in [0.4, 0.5) is 5.69 Å². The molecule has 2 atom stereocenters. The third kappa shape index (κ3) is 5.09. The molecule has 34 heavy (non-hydrogen) atoms. The molecule has 0 saturated carbocycles. The number of carbonyl (C=O) groups excluding carboxylic acids is 1. The van der Waals surface area contributed by atoms with Gasteiger partial charge in [0.25, 0.3) is 0 Å². The number of rotatable bonds is 7. The van der Waals surface area contributed by atoms with Crippen molar-refractivity contribution in [2.75, 3.05) is 25.5 Å². The van der Waals surface area contributed by atoms with Gasteiger partial charge in [0, 0.05) is 36.8 Å². The van der Waals surface area contributed by atoms with Crippen molar-refractivity contribution in [3.8, 4) is 11.6 Å². The average Bonchev–Trinajstić information content (AvgIpc) is 2.87. The number of ether oxygens (including phenoxy) is 2. The van der Waals surface area contributed by atoms with Gasteiger partial charge in [0.05, 0.1) is 29.0 Å². The lowest BCUT2D eigenvalue weighted by atomic mass is 9.94. The molecule has 2 unspecified atom stereocenters. The van der Waals surface area contributed by atoms with Gasteiger partial charge in [-0.1, -0.05) is 11.6 Å². The topological polar surface area (TPSA) is 97.4 Å². The van der Waals surface area contributed by atoms with E-state index >= 15 is 0 Å². The molecule has 2 aromatic heterocycles. The molecule has 8 nitrogen and oxygen atoms in total. The lowest BCUT2D eigenvalue weighted by molar-refractivity contribution is -0.133. The summed E-state index contributed by atoms with van der Waals surface area (Å²) in [6.07, 6.45) is 5.80. The van der Waals surface area contributed by atoms with Crippen LogP contribution in [-0.2, 0) is 17.8 Å². The predicted octanol–water partition coefficient (Wildman–Crippen LogP) is 3.47. The van der Waals surface area contributed by atoms with E-state index in [1.54, 1.807) is 13.3 Å². The van der Waals surface area contributed by atoms with Crippen molar-refractivity contribution in [2.45, 2.75) is 44.3 Å². The predicted molar refractivity (Wildman–Crippen MR) is 132 cm³/mol. The molecule has 1 saturated heterocycles. The van der Waals surface area contributed by atoms with Crippen LogP contribution in [0.1, 0.15) is 30.5 Å².